The number of nitrogens with zero attached hydrogens (tertiary/aromatic N) is 6. The highest BCUT2D eigenvalue weighted by molar-refractivity contribution is 14.0. The third-order valence-corrected chi connectivity index (χ3v) is 4.61. The number of hydrogen-bond donors (Lipinski definition) is 2. The highest BCUT2D eigenvalue weighted by atomic mass is 127. The topological polar surface area (TPSA) is 94.2 Å². The van der Waals surface area contributed by atoms with E-state index in [1.54, 1.807) is 0 Å². The van der Waals surface area contributed by atoms with Crippen molar-refractivity contribution in [3.63, 3.8) is 0 Å². The molecule has 2 aromatic heterocycles. The van der Waals surface area contributed by atoms with Gasteiger partial charge in [0.05, 0.1) is 18.8 Å². The Labute approximate surface area is 184 Å². The predicted molar refractivity (Wildman–Crippen MR) is 121 cm³/mol. The van der Waals surface area contributed by atoms with Gasteiger partial charge in [-0.2, -0.15) is 5.10 Å². The molecule has 9 nitrogen and oxygen atoms in total. The van der Waals surface area contributed by atoms with E-state index >= 15 is 0 Å². The fraction of sp³-hybridized carbons (Fsp3) is 0.667. The van der Waals surface area contributed by atoms with Gasteiger partial charge >= 0.3 is 0 Å². The van der Waals surface area contributed by atoms with Crippen molar-refractivity contribution in [3.8, 4) is 0 Å². The average molecular weight is 504 g/mol. The molecule has 0 fully saturated rings. The summed E-state index contributed by atoms with van der Waals surface area (Å²) in [6.07, 6.45) is 0.919. The summed E-state index contributed by atoms with van der Waals surface area (Å²) in [5.41, 5.74) is 3.30. The van der Waals surface area contributed by atoms with Crippen LogP contribution in [-0.4, -0.2) is 50.3 Å². The number of hydrogen-bond acceptors (Lipinski definition) is 5. The van der Waals surface area contributed by atoms with Gasteiger partial charge in [-0.05, 0) is 34.1 Å². The number of nitrogens with one attached hydrogen (secondary N) is 2. The molecule has 0 atom stereocenters. The van der Waals surface area contributed by atoms with Crippen LogP contribution in [0.2, 0.25) is 0 Å². The van der Waals surface area contributed by atoms with Crippen molar-refractivity contribution in [2.24, 2.45) is 19.1 Å². The Morgan fingerprint density at radius 1 is 1.14 bits per heavy atom. The van der Waals surface area contributed by atoms with Crippen LogP contribution >= 0.6 is 24.0 Å². The highest BCUT2D eigenvalue weighted by Gasteiger charge is 2.10. The Morgan fingerprint density at radius 3 is 2.46 bits per heavy atom. The maximum Gasteiger partial charge on any atom is 0.191 e. The maximum atomic E-state index is 5.39. The average Bonchev–Trinajstić information content (AvgIpc) is 3.08. The van der Waals surface area contributed by atoms with Crippen molar-refractivity contribution in [2.75, 3.05) is 19.8 Å². The maximum absolute atomic E-state index is 5.39. The summed E-state index contributed by atoms with van der Waals surface area (Å²) >= 11 is 0. The minimum atomic E-state index is 0. The van der Waals surface area contributed by atoms with E-state index in [1.165, 1.54) is 0 Å². The van der Waals surface area contributed by atoms with Crippen molar-refractivity contribution in [3.05, 3.63) is 28.6 Å². The summed E-state index contributed by atoms with van der Waals surface area (Å²) in [6, 6.07) is 0. The molecule has 158 valence electrons. The zero-order chi connectivity index (χ0) is 19.8. The van der Waals surface area contributed by atoms with Crippen LogP contribution in [0.15, 0.2) is 4.99 Å². The number of halogens is 1. The monoisotopic (exact) mass is 504 g/mol. The first-order chi connectivity index (χ1) is 12.9. The van der Waals surface area contributed by atoms with Crippen LogP contribution in [0.4, 0.5) is 0 Å². The van der Waals surface area contributed by atoms with E-state index < -0.39 is 0 Å². The molecule has 0 radical (unpaired) electrons. The van der Waals surface area contributed by atoms with Crippen LogP contribution in [0, 0.1) is 20.8 Å². The summed E-state index contributed by atoms with van der Waals surface area (Å²) in [6.45, 7) is 11.4. The molecule has 10 heteroatoms. The summed E-state index contributed by atoms with van der Waals surface area (Å²) in [7, 11) is 3.91. The Bertz CT molecular complexity index is 768. The van der Waals surface area contributed by atoms with E-state index in [2.05, 4.69) is 32.9 Å². The van der Waals surface area contributed by atoms with Gasteiger partial charge in [-0.3, -0.25) is 4.68 Å². The molecule has 0 aliphatic heterocycles. The third-order valence-electron chi connectivity index (χ3n) is 4.61. The Kier molecular flexibility index (Phi) is 10.4. The molecule has 0 aliphatic carbocycles. The zero-order valence-electron chi connectivity index (χ0n) is 17.7. The van der Waals surface area contributed by atoms with E-state index in [-0.39, 0.29) is 24.0 Å². The van der Waals surface area contributed by atoms with Gasteiger partial charge in [0, 0.05) is 45.1 Å². The summed E-state index contributed by atoms with van der Waals surface area (Å²) < 4.78 is 9.26. The molecule has 2 heterocycles. The van der Waals surface area contributed by atoms with Gasteiger partial charge in [-0.15, -0.1) is 34.2 Å². The van der Waals surface area contributed by atoms with Crippen LogP contribution in [0.25, 0.3) is 0 Å². The van der Waals surface area contributed by atoms with Crippen LogP contribution in [0.1, 0.15) is 41.9 Å². The molecule has 0 spiro atoms. The molecule has 0 saturated carbocycles. The van der Waals surface area contributed by atoms with Crippen LogP contribution in [-0.2, 0) is 31.9 Å². The van der Waals surface area contributed by atoms with Gasteiger partial charge in [0.15, 0.2) is 11.8 Å². The number of aryl methyl sites for hydroxylation is 3. The largest absolute Gasteiger partial charge is 0.382 e. The molecule has 0 aromatic carbocycles. The zero-order valence-corrected chi connectivity index (χ0v) is 20.1. The van der Waals surface area contributed by atoms with Gasteiger partial charge in [-0.1, -0.05) is 0 Å². The highest BCUT2D eigenvalue weighted by Crippen LogP contribution is 2.12. The molecular formula is C18H33IN8O. The number of aliphatic imine (C=N–C) groups is 1. The van der Waals surface area contributed by atoms with Crippen molar-refractivity contribution < 1.29 is 4.74 Å². The van der Waals surface area contributed by atoms with Gasteiger partial charge in [-0.25, -0.2) is 4.99 Å². The lowest BCUT2D eigenvalue weighted by Gasteiger charge is -2.13. The predicted octanol–water partition coefficient (Wildman–Crippen LogP) is 1.75. The Hall–Kier alpha value is -1.69. The Balaban J connectivity index is 0.00000392. The first-order valence-corrected chi connectivity index (χ1v) is 9.37. The van der Waals surface area contributed by atoms with Crippen molar-refractivity contribution in [1.29, 1.82) is 0 Å². The molecule has 0 aliphatic rings. The second kappa shape index (κ2) is 12.0. The molecule has 0 bridgehead atoms. The molecule has 28 heavy (non-hydrogen) atoms. The molecule has 0 saturated heterocycles. The van der Waals surface area contributed by atoms with Gasteiger partial charge < -0.3 is 19.9 Å². The van der Waals surface area contributed by atoms with Crippen LogP contribution in [0.3, 0.4) is 0 Å². The fourth-order valence-corrected chi connectivity index (χ4v) is 2.67. The van der Waals surface area contributed by atoms with Crippen molar-refractivity contribution >= 4 is 29.9 Å². The first kappa shape index (κ1) is 24.3. The second-order valence-corrected chi connectivity index (χ2v) is 6.49. The van der Waals surface area contributed by atoms with E-state index in [4.69, 9.17) is 9.73 Å². The normalized spacial score (nSPS) is 11.4. The van der Waals surface area contributed by atoms with E-state index in [0.717, 1.165) is 60.7 Å². The quantitative estimate of drug-likeness (QED) is 0.234. The summed E-state index contributed by atoms with van der Waals surface area (Å²) in [5.74, 6) is 2.50. The third kappa shape index (κ3) is 6.73. The number of ether oxygens (including phenoxy) is 1. The Morgan fingerprint density at radius 2 is 1.89 bits per heavy atom. The SMILES string of the molecule is CCOCCCNC(=NCc1c(C)nn(C)c1C)NCc1nnc(C)n1C.I. The summed E-state index contributed by atoms with van der Waals surface area (Å²) in [5, 5.41) is 19.5. The fourth-order valence-electron chi connectivity index (χ4n) is 2.67. The molecule has 2 aromatic rings. The smallest absolute Gasteiger partial charge is 0.191 e. The lowest BCUT2D eigenvalue weighted by Crippen LogP contribution is -2.38. The molecule has 0 amide bonds. The van der Waals surface area contributed by atoms with Gasteiger partial charge in [0.2, 0.25) is 0 Å². The second-order valence-electron chi connectivity index (χ2n) is 6.49. The molecular weight excluding hydrogens is 471 g/mol. The van der Waals surface area contributed by atoms with Gasteiger partial charge in [0.1, 0.15) is 5.82 Å². The van der Waals surface area contributed by atoms with Gasteiger partial charge in [0.25, 0.3) is 0 Å². The van der Waals surface area contributed by atoms with Crippen molar-refractivity contribution in [2.45, 2.75) is 47.2 Å². The lowest BCUT2D eigenvalue weighted by molar-refractivity contribution is 0.145. The number of rotatable bonds is 9. The molecule has 2 rings (SSSR count). The van der Waals surface area contributed by atoms with E-state index in [9.17, 15) is 0 Å². The van der Waals surface area contributed by atoms with Crippen LogP contribution in [0.5, 0.6) is 0 Å². The minimum absolute atomic E-state index is 0. The molecule has 2 N–H and O–H groups in total. The standard InChI is InChI=1S/C18H32N8O.HI/c1-7-27-10-8-9-19-18(21-12-17-23-22-15(4)25(17)5)20-11-16-13(2)24-26(6)14(16)3;/h7-12H2,1-6H3,(H2,19,20,21);1H. The summed E-state index contributed by atoms with van der Waals surface area (Å²) in [4.78, 5) is 4.74. The van der Waals surface area contributed by atoms with Crippen LogP contribution < -0.4 is 10.6 Å². The first-order valence-electron chi connectivity index (χ1n) is 9.37. The van der Waals surface area contributed by atoms with E-state index in [1.807, 2.05) is 44.1 Å². The van der Waals surface area contributed by atoms with E-state index in [0.29, 0.717) is 13.1 Å². The lowest BCUT2D eigenvalue weighted by atomic mass is 10.2. The minimum Gasteiger partial charge on any atom is -0.382 e. The number of guanidine groups is 1. The molecule has 0 unspecified atom stereocenters. The number of aromatic nitrogens is 5. The van der Waals surface area contributed by atoms with Crippen molar-refractivity contribution in [1.82, 2.24) is 35.2 Å².